The van der Waals surface area contributed by atoms with Gasteiger partial charge < -0.3 is 14.7 Å². The minimum Gasteiger partial charge on any atom is -0.389 e. The molecule has 1 aromatic rings. The maximum absolute atomic E-state index is 10.6. The summed E-state index contributed by atoms with van der Waals surface area (Å²) in [5.41, 5.74) is 2.49. The molecule has 0 spiro atoms. The summed E-state index contributed by atoms with van der Waals surface area (Å²) in [5.74, 6) is 2.01. The van der Waals surface area contributed by atoms with Crippen molar-refractivity contribution in [3.8, 4) is 0 Å². The fraction of sp³-hybridized carbons (Fsp3) is 0.750. The predicted octanol–water partition coefficient (Wildman–Crippen LogP) is 4.61. The van der Waals surface area contributed by atoms with Gasteiger partial charge in [-0.3, -0.25) is 4.90 Å². The summed E-state index contributed by atoms with van der Waals surface area (Å²) in [6.45, 7) is 14.0. The van der Waals surface area contributed by atoms with Crippen LogP contribution in [0, 0.1) is 24.7 Å². The number of halogens is 1. The van der Waals surface area contributed by atoms with Gasteiger partial charge in [-0.25, -0.2) is 0 Å². The summed E-state index contributed by atoms with van der Waals surface area (Å²) in [6.07, 6.45) is 3.58. The molecular weight excluding hydrogens is 384 g/mol. The van der Waals surface area contributed by atoms with Crippen LogP contribution in [0.4, 0.5) is 5.69 Å². The van der Waals surface area contributed by atoms with E-state index in [-0.39, 0.29) is 0 Å². The van der Waals surface area contributed by atoms with Crippen molar-refractivity contribution in [3.05, 3.63) is 28.8 Å². The molecule has 0 amide bonds. The molecule has 4 atom stereocenters. The summed E-state index contributed by atoms with van der Waals surface area (Å²) < 4.78 is 6.25. The van der Waals surface area contributed by atoms with Gasteiger partial charge in [0.2, 0.25) is 0 Å². The zero-order valence-corrected chi connectivity index (χ0v) is 19.4. The lowest BCUT2D eigenvalue weighted by Gasteiger charge is -2.39. The van der Waals surface area contributed by atoms with Crippen molar-refractivity contribution in [1.29, 1.82) is 0 Å². The van der Waals surface area contributed by atoms with E-state index in [0.717, 1.165) is 43.5 Å². The zero-order valence-electron chi connectivity index (χ0n) is 18.6. The Morgan fingerprint density at radius 2 is 1.90 bits per heavy atom. The zero-order chi connectivity index (χ0) is 21.0. The van der Waals surface area contributed by atoms with Crippen molar-refractivity contribution in [2.24, 2.45) is 17.8 Å². The first kappa shape index (κ1) is 22.9. The number of rotatable bonds is 7. The average molecular weight is 423 g/mol. The third-order valence-electron chi connectivity index (χ3n) is 6.82. The van der Waals surface area contributed by atoms with Crippen molar-refractivity contribution >= 4 is 17.3 Å². The molecule has 1 aliphatic heterocycles. The first-order valence-electron chi connectivity index (χ1n) is 11.4. The molecule has 2 aliphatic rings. The Balaban J connectivity index is 1.43. The van der Waals surface area contributed by atoms with Crippen LogP contribution in [0.15, 0.2) is 18.2 Å². The number of hydrogen-bond acceptors (Lipinski definition) is 4. The van der Waals surface area contributed by atoms with E-state index in [2.05, 4.69) is 49.6 Å². The average Bonchev–Trinajstić information content (AvgIpc) is 2.69. The Bertz CT molecular complexity index is 646. The van der Waals surface area contributed by atoms with Crippen LogP contribution in [0.2, 0.25) is 5.02 Å². The van der Waals surface area contributed by atoms with Gasteiger partial charge in [-0.15, -0.1) is 0 Å². The smallest absolute Gasteiger partial charge is 0.0900 e. The van der Waals surface area contributed by atoms with Gasteiger partial charge in [-0.1, -0.05) is 44.9 Å². The minimum atomic E-state index is -0.417. The standard InChI is InChI=1S/C24H39ClN2O2/c1-17(2)22-8-5-18(3)13-24(22)29-16-21(28)15-26-9-11-27(12-10-26)23-14-20(25)7-6-19(23)4/h6-7,14,17-18,21-22,24,28H,5,8-13,15-16H2,1-4H3/t18-,21-,22+,24+/m0/s1. The second-order valence-corrected chi connectivity index (χ2v) is 10.0. The summed E-state index contributed by atoms with van der Waals surface area (Å²) in [4.78, 5) is 4.76. The van der Waals surface area contributed by atoms with Gasteiger partial charge in [-0.05, 0) is 55.2 Å². The van der Waals surface area contributed by atoms with Crippen LogP contribution in [0.5, 0.6) is 0 Å². The predicted molar refractivity (Wildman–Crippen MR) is 122 cm³/mol. The van der Waals surface area contributed by atoms with E-state index < -0.39 is 6.10 Å². The van der Waals surface area contributed by atoms with Crippen molar-refractivity contribution in [2.45, 2.75) is 59.2 Å². The highest BCUT2D eigenvalue weighted by Gasteiger charge is 2.32. The van der Waals surface area contributed by atoms with Gasteiger partial charge in [0.15, 0.2) is 0 Å². The lowest BCUT2D eigenvalue weighted by Crippen LogP contribution is -2.49. The fourth-order valence-electron chi connectivity index (χ4n) is 4.99. The summed E-state index contributed by atoms with van der Waals surface area (Å²) in [7, 11) is 0. The van der Waals surface area contributed by atoms with Gasteiger partial charge in [0.25, 0.3) is 0 Å². The molecule has 29 heavy (non-hydrogen) atoms. The van der Waals surface area contributed by atoms with Crippen LogP contribution in [0.3, 0.4) is 0 Å². The molecule has 1 aromatic carbocycles. The van der Waals surface area contributed by atoms with E-state index in [9.17, 15) is 5.11 Å². The molecule has 164 valence electrons. The van der Waals surface area contributed by atoms with Gasteiger partial charge in [-0.2, -0.15) is 0 Å². The second-order valence-electron chi connectivity index (χ2n) is 9.57. The SMILES string of the molecule is Cc1ccc(Cl)cc1N1CCN(C[C@H](O)CO[C@@H]2C[C@@H](C)CC[C@@H]2C(C)C)CC1. The molecule has 0 unspecified atom stereocenters. The maximum Gasteiger partial charge on any atom is 0.0900 e. The normalized spacial score (nSPS) is 27.4. The number of hydrogen-bond donors (Lipinski definition) is 1. The molecule has 1 saturated heterocycles. The largest absolute Gasteiger partial charge is 0.389 e. The highest BCUT2D eigenvalue weighted by atomic mass is 35.5. The third-order valence-corrected chi connectivity index (χ3v) is 7.05. The number of aliphatic hydroxyl groups excluding tert-OH is 1. The molecule has 4 nitrogen and oxygen atoms in total. The fourth-order valence-corrected chi connectivity index (χ4v) is 5.15. The van der Waals surface area contributed by atoms with Crippen LogP contribution >= 0.6 is 11.6 Å². The summed E-state index contributed by atoms with van der Waals surface area (Å²) >= 11 is 6.19. The van der Waals surface area contributed by atoms with Crippen molar-refractivity contribution in [3.63, 3.8) is 0 Å². The minimum absolute atomic E-state index is 0.302. The van der Waals surface area contributed by atoms with E-state index >= 15 is 0 Å². The monoisotopic (exact) mass is 422 g/mol. The third kappa shape index (κ3) is 6.33. The number of β-amino-alcohol motifs (C(OH)–C–C–N with tert-alkyl or cyclic N) is 1. The molecule has 0 radical (unpaired) electrons. The van der Waals surface area contributed by atoms with Crippen molar-refractivity contribution in [2.75, 3.05) is 44.2 Å². The highest BCUT2D eigenvalue weighted by molar-refractivity contribution is 6.30. The van der Waals surface area contributed by atoms with E-state index in [0.29, 0.717) is 31.1 Å². The molecule has 1 aliphatic carbocycles. The lowest BCUT2D eigenvalue weighted by molar-refractivity contribution is -0.0740. The molecular formula is C24H39ClN2O2. The van der Waals surface area contributed by atoms with Crippen LogP contribution < -0.4 is 4.90 Å². The quantitative estimate of drug-likeness (QED) is 0.696. The number of benzene rings is 1. The molecule has 2 fully saturated rings. The Hall–Kier alpha value is -0.810. The molecule has 3 rings (SSSR count). The molecule has 5 heteroatoms. The highest BCUT2D eigenvalue weighted by Crippen LogP contribution is 2.35. The Kier molecular flexibility index (Phi) is 8.26. The van der Waals surface area contributed by atoms with Crippen LogP contribution in [0.25, 0.3) is 0 Å². The van der Waals surface area contributed by atoms with Crippen LogP contribution in [0.1, 0.15) is 45.6 Å². The lowest BCUT2D eigenvalue weighted by atomic mass is 9.75. The summed E-state index contributed by atoms with van der Waals surface area (Å²) in [5, 5.41) is 11.4. The molecule has 0 aromatic heterocycles. The molecule has 1 heterocycles. The number of nitrogens with zero attached hydrogens (tertiary/aromatic N) is 2. The van der Waals surface area contributed by atoms with Crippen molar-refractivity contribution < 1.29 is 9.84 Å². The van der Waals surface area contributed by atoms with Crippen LogP contribution in [-0.4, -0.2) is 61.5 Å². The van der Waals surface area contributed by atoms with Gasteiger partial charge in [0.1, 0.15) is 0 Å². The van der Waals surface area contributed by atoms with E-state index in [1.165, 1.54) is 24.1 Å². The van der Waals surface area contributed by atoms with E-state index in [4.69, 9.17) is 16.3 Å². The van der Waals surface area contributed by atoms with Crippen LogP contribution in [-0.2, 0) is 4.74 Å². The molecule has 0 bridgehead atoms. The number of aryl methyl sites for hydroxylation is 1. The molecule has 1 N–H and O–H groups in total. The maximum atomic E-state index is 10.6. The number of anilines is 1. The number of ether oxygens (including phenoxy) is 1. The topological polar surface area (TPSA) is 35.9 Å². The van der Waals surface area contributed by atoms with Crippen molar-refractivity contribution in [1.82, 2.24) is 4.90 Å². The van der Waals surface area contributed by atoms with Gasteiger partial charge >= 0.3 is 0 Å². The first-order chi connectivity index (χ1) is 13.8. The Morgan fingerprint density at radius 3 is 2.59 bits per heavy atom. The summed E-state index contributed by atoms with van der Waals surface area (Å²) in [6, 6.07) is 6.09. The Morgan fingerprint density at radius 1 is 1.17 bits per heavy atom. The van der Waals surface area contributed by atoms with Gasteiger partial charge in [0.05, 0.1) is 18.8 Å². The van der Waals surface area contributed by atoms with E-state index in [1.807, 2.05) is 6.07 Å². The number of piperazine rings is 1. The Labute approximate surface area is 182 Å². The second kappa shape index (κ2) is 10.5. The van der Waals surface area contributed by atoms with Gasteiger partial charge in [0, 0.05) is 43.4 Å². The first-order valence-corrected chi connectivity index (χ1v) is 11.7. The number of aliphatic hydroxyl groups is 1. The van der Waals surface area contributed by atoms with E-state index in [1.54, 1.807) is 0 Å². The molecule has 1 saturated carbocycles.